The van der Waals surface area contributed by atoms with E-state index in [0.29, 0.717) is 17.0 Å². The molecule has 0 aromatic heterocycles. The molecule has 0 aliphatic rings. The summed E-state index contributed by atoms with van der Waals surface area (Å²) in [6.07, 6.45) is 0. The van der Waals surface area contributed by atoms with E-state index in [9.17, 15) is 9.59 Å². The van der Waals surface area contributed by atoms with Gasteiger partial charge in [-0.2, -0.15) is 0 Å². The molecular formula is C16H21NO4Si. The van der Waals surface area contributed by atoms with Crippen molar-refractivity contribution in [3.8, 4) is 17.2 Å². The van der Waals surface area contributed by atoms with E-state index in [-0.39, 0.29) is 11.5 Å². The Morgan fingerprint density at radius 3 is 2.27 bits per heavy atom. The lowest BCUT2D eigenvalue weighted by molar-refractivity contribution is -0.114. The Morgan fingerprint density at radius 2 is 1.82 bits per heavy atom. The fraction of sp³-hybridized carbons (Fsp3) is 0.375. The Balaban J connectivity index is 3.50. The first kappa shape index (κ1) is 17.8. The monoisotopic (exact) mass is 319 g/mol. The molecule has 118 valence electrons. The quantitative estimate of drug-likeness (QED) is 0.528. The number of ether oxygens (including phenoxy) is 2. The fourth-order valence-corrected chi connectivity index (χ4v) is 2.18. The molecule has 6 heteroatoms. The Hall–Kier alpha value is -2.26. The smallest absolute Gasteiger partial charge is 0.341 e. The molecule has 1 aromatic rings. The topological polar surface area (TPSA) is 64.6 Å². The highest BCUT2D eigenvalue weighted by Crippen LogP contribution is 2.28. The minimum atomic E-state index is -1.60. The second-order valence-electron chi connectivity index (χ2n) is 5.77. The number of rotatable bonds is 3. The van der Waals surface area contributed by atoms with Gasteiger partial charge in [0.2, 0.25) is 5.91 Å². The second-order valence-corrected chi connectivity index (χ2v) is 10.5. The van der Waals surface area contributed by atoms with Gasteiger partial charge in [0.15, 0.2) is 0 Å². The first-order chi connectivity index (χ1) is 10.2. The highest BCUT2D eigenvalue weighted by Gasteiger charge is 2.17. The lowest BCUT2D eigenvalue weighted by Crippen LogP contribution is -2.16. The number of hydrogen-bond donors (Lipinski definition) is 1. The molecule has 0 aliphatic carbocycles. The third-order valence-electron chi connectivity index (χ3n) is 2.63. The van der Waals surface area contributed by atoms with Crippen molar-refractivity contribution < 1.29 is 19.1 Å². The number of esters is 1. The summed E-state index contributed by atoms with van der Waals surface area (Å²) in [5.74, 6) is 2.66. The van der Waals surface area contributed by atoms with Crippen molar-refractivity contribution >= 4 is 25.6 Å². The summed E-state index contributed by atoms with van der Waals surface area (Å²) in [5.41, 5.74) is 4.58. The highest BCUT2D eigenvalue weighted by atomic mass is 28.3. The molecule has 1 aromatic carbocycles. The van der Waals surface area contributed by atoms with Gasteiger partial charge in [-0.3, -0.25) is 4.79 Å². The maximum atomic E-state index is 11.9. The number of carbonyl (C=O) groups is 2. The SMILES string of the molecule is COC(=O)c1cc(C#C[Si](C)(C)C)c(NC(C)=O)cc1OC. The van der Waals surface area contributed by atoms with Gasteiger partial charge in [-0.15, -0.1) is 5.54 Å². The van der Waals surface area contributed by atoms with Gasteiger partial charge in [0, 0.05) is 18.6 Å². The number of anilines is 1. The lowest BCUT2D eigenvalue weighted by atomic mass is 10.1. The number of hydrogen-bond acceptors (Lipinski definition) is 4. The van der Waals surface area contributed by atoms with E-state index in [2.05, 4.69) is 36.4 Å². The molecule has 0 bridgehead atoms. The van der Waals surface area contributed by atoms with E-state index < -0.39 is 14.0 Å². The van der Waals surface area contributed by atoms with Gasteiger partial charge in [0.05, 0.1) is 19.9 Å². The second kappa shape index (κ2) is 7.14. The molecule has 0 atom stereocenters. The van der Waals surface area contributed by atoms with Crippen LogP contribution in [0.2, 0.25) is 19.6 Å². The molecule has 0 spiro atoms. The van der Waals surface area contributed by atoms with Crippen LogP contribution in [0.5, 0.6) is 5.75 Å². The van der Waals surface area contributed by atoms with Crippen LogP contribution in [0.15, 0.2) is 12.1 Å². The lowest BCUT2D eigenvalue weighted by Gasteiger charge is -2.12. The van der Waals surface area contributed by atoms with Gasteiger partial charge >= 0.3 is 5.97 Å². The highest BCUT2D eigenvalue weighted by molar-refractivity contribution is 6.83. The molecule has 0 saturated carbocycles. The van der Waals surface area contributed by atoms with E-state index in [1.165, 1.54) is 21.1 Å². The zero-order chi connectivity index (χ0) is 16.9. The zero-order valence-electron chi connectivity index (χ0n) is 13.8. The van der Waals surface area contributed by atoms with Crippen LogP contribution in [0.3, 0.4) is 0 Å². The largest absolute Gasteiger partial charge is 0.496 e. The Kier molecular flexibility index (Phi) is 5.77. The standard InChI is InChI=1S/C16H21NO4Si/c1-11(18)17-14-10-15(20-2)13(16(19)21-3)9-12(14)7-8-22(4,5)6/h9-10H,1-6H3,(H,17,18). The molecule has 0 radical (unpaired) electrons. The van der Waals surface area contributed by atoms with Gasteiger partial charge in [-0.1, -0.05) is 25.6 Å². The Bertz CT molecular complexity index is 651. The van der Waals surface area contributed by atoms with Crippen molar-refractivity contribution in [1.29, 1.82) is 0 Å². The zero-order valence-corrected chi connectivity index (χ0v) is 14.8. The third kappa shape index (κ3) is 4.93. The van der Waals surface area contributed by atoms with E-state index in [1.54, 1.807) is 12.1 Å². The predicted molar refractivity (Wildman–Crippen MR) is 88.9 cm³/mol. The molecule has 1 rings (SSSR count). The maximum absolute atomic E-state index is 11.9. The number of amides is 1. The van der Waals surface area contributed by atoms with Crippen LogP contribution in [0.1, 0.15) is 22.8 Å². The van der Waals surface area contributed by atoms with Crippen molar-refractivity contribution in [3.63, 3.8) is 0 Å². The molecule has 0 unspecified atom stereocenters. The van der Waals surface area contributed by atoms with Gasteiger partial charge in [0.1, 0.15) is 19.4 Å². The van der Waals surface area contributed by atoms with Gasteiger partial charge in [-0.25, -0.2) is 4.79 Å². The van der Waals surface area contributed by atoms with E-state index in [4.69, 9.17) is 9.47 Å². The fourth-order valence-electron chi connectivity index (χ4n) is 1.67. The van der Waals surface area contributed by atoms with Crippen LogP contribution in [-0.2, 0) is 9.53 Å². The molecule has 1 N–H and O–H groups in total. The van der Waals surface area contributed by atoms with Crippen LogP contribution >= 0.6 is 0 Å². The average molecular weight is 319 g/mol. The van der Waals surface area contributed by atoms with Crippen molar-refractivity contribution in [1.82, 2.24) is 0 Å². The molecule has 0 fully saturated rings. The van der Waals surface area contributed by atoms with Gasteiger partial charge in [-0.05, 0) is 6.07 Å². The molecule has 0 heterocycles. The summed E-state index contributed by atoms with van der Waals surface area (Å²) in [7, 11) is 1.15. The summed E-state index contributed by atoms with van der Waals surface area (Å²) in [6.45, 7) is 7.75. The first-order valence-electron chi connectivity index (χ1n) is 6.79. The molecule has 22 heavy (non-hydrogen) atoms. The van der Waals surface area contributed by atoms with Gasteiger partial charge < -0.3 is 14.8 Å². The first-order valence-corrected chi connectivity index (χ1v) is 10.3. The minimum Gasteiger partial charge on any atom is -0.496 e. The predicted octanol–water partition coefficient (Wildman–Crippen LogP) is 2.67. The van der Waals surface area contributed by atoms with Crippen LogP contribution < -0.4 is 10.1 Å². The van der Waals surface area contributed by atoms with Gasteiger partial charge in [0.25, 0.3) is 0 Å². The molecule has 1 amide bonds. The van der Waals surface area contributed by atoms with Crippen molar-refractivity contribution in [3.05, 3.63) is 23.3 Å². The average Bonchev–Trinajstić information content (AvgIpc) is 2.43. The minimum absolute atomic E-state index is 0.219. The van der Waals surface area contributed by atoms with Crippen LogP contribution in [-0.4, -0.2) is 34.2 Å². The molecule has 5 nitrogen and oxygen atoms in total. The van der Waals surface area contributed by atoms with Crippen LogP contribution in [0, 0.1) is 11.5 Å². The maximum Gasteiger partial charge on any atom is 0.341 e. The summed E-state index contributed by atoms with van der Waals surface area (Å²) in [5, 5.41) is 2.71. The summed E-state index contributed by atoms with van der Waals surface area (Å²) in [4.78, 5) is 23.2. The number of carbonyl (C=O) groups excluding carboxylic acids is 2. The van der Waals surface area contributed by atoms with Crippen LogP contribution in [0.4, 0.5) is 5.69 Å². The number of nitrogens with one attached hydrogen (secondary N) is 1. The Morgan fingerprint density at radius 1 is 1.18 bits per heavy atom. The third-order valence-corrected chi connectivity index (χ3v) is 3.50. The van der Waals surface area contributed by atoms with E-state index >= 15 is 0 Å². The van der Waals surface area contributed by atoms with Crippen molar-refractivity contribution in [2.24, 2.45) is 0 Å². The Labute approximate surface area is 132 Å². The molecule has 0 saturated heterocycles. The van der Waals surface area contributed by atoms with E-state index in [0.717, 1.165) is 0 Å². The molecular weight excluding hydrogens is 298 g/mol. The number of methoxy groups -OCH3 is 2. The molecule has 0 aliphatic heterocycles. The summed E-state index contributed by atoms with van der Waals surface area (Å²) in [6, 6.07) is 3.17. The van der Waals surface area contributed by atoms with Crippen molar-refractivity contribution in [2.75, 3.05) is 19.5 Å². The number of benzene rings is 1. The summed E-state index contributed by atoms with van der Waals surface area (Å²) >= 11 is 0. The van der Waals surface area contributed by atoms with Crippen molar-refractivity contribution in [2.45, 2.75) is 26.6 Å². The normalized spacial score (nSPS) is 10.3. The van der Waals surface area contributed by atoms with Crippen LogP contribution in [0.25, 0.3) is 0 Å². The van der Waals surface area contributed by atoms with E-state index in [1.807, 2.05) is 0 Å². The summed E-state index contributed by atoms with van der Waals surface area (Å²) < 4.78 is 9.95.